The third kappa shape index (κ3) is 3.52. The molecular formula is C15H24N2O2S. The van der Waals surface area contributed by atoms with E-state index >= 15 is 0 Å². The van der Waals surface area contributed by atoms with Gasteiger partial charge in [0.25, 0.3) is 0 Å². The van der Waals surface area contributed by atoms with Crippen molar-refractivity contribution in [1.82, 2.24) is 0 Å². The summed E-state index contributed by atoms with van der Waals surface area (Å²) < 4.78 is 24.0. The molecule has 1 aliphatic rings. The number of anilines is 1. The molecule has 1 saturated heterocycles. The highest BCUT2D eigenvalue weighted by Gasteiger charge is 2.19. The maximum atomic E-state index is 12.0. The first kappa shape index (κ1) is 15.3. The molecule has 20 heavy (non-hydrogen) atoms. The highest BCUT2D eigenvalue weighted by atomic mass is 32.2. The van der Waals surface area contributed by atoms with Crippen LogP contribution >= 0.6 is 0 Å². The zero-order valence-electron chi connectivity index (χ0n) is 12.1. The SMILES string of the molecule is CCCS(=O)(=O)c1ccc(N2CCCC(CN)C2)cc1. The molecule has 1 aromatic rings. The van der Waals surface area contributed by atoms with Crippen molar-refractivity contribution in [3.63, 3.8) is 0 Å². The first-order valence-corrected chi connectivity index (χ1v) is 9.00. The Morgan fingerprint density at radius 1 is 1.30 bits per heavy atom. The summed E-state index contributed by atoms with van der Waals surface area (Å²) in [7, 11) is -3.11. The molecule has 1 heterocycles. The number of hydrogen-bond acceptors (Lipinski definition) is 4. The van der Waals surface area contributed by atoms with Crippen LogP contribution < -0.4 is 10.6 Å². The highest BCUT2D eigenvalue weighted by molar-refractivity contribution is 7.91. The van der Waals surface area contributed by atoms with E-state index in [0.717, 1.165) is 31.7 Å². The lowest BCUT2D eigenvalue weighted by atomic mass is 9.98. The molecule has 1 atom stereocenters. The van der Waals surface area contributed by atoms with Gasteiger partial charge in [0.2, 0.25) is 0 Å². The Bertz CT molecular complexity index is 525. The maximum Gasteiger partial charge on any atom is 0.178 e. The van der Waals surface area contributed by atoms with Crippen LogP contribution in [0.15, 0.2) is 29.2 Å². The van der Waals surface area contributed by atoms with Crippen LogP contribution in [0.25, 0.3) is 0 Å². The summed E-state index contributed by atoms with van der Waals surface area (Å²) in [6.45, 7) is 4.60. The summed E-state index contributed by atoms with van der Waals surface area (Å²) in [5.41, 5.74) is 6.85. The lowest BCUT2D eigenvalue weighted by molar-refractivity contribution is 0.423. The molecule has 1 unspecified atom stereocenters. The molecule has 1 fully saturated rings. The van der Waals surface area contributed by atoms with Crippen molar-refractivity contribution in [2.75, 3.05) is 30.3 Å². The largest absolute Gasteiger partial charge is 0.371 e. The summed E-state index contributed by atoms with van der Waals surface area (Å²) in [6.07, 6.45) is 2.99. The molecule has 4 nitrogen and oxygen atoms in total. The molecule has 1 aliphatic heterocycles. The lowest BCUT2D eigenvalue weighted by Gasteiger charge is -2.34. The van der Waals surface area contributed by atoms with Crippen LogP contribution in [-0.4, -0.2) is 33.8 Å². The summed E-state index contributed by atoms with van der Waals surface area (Å²) >= 11 is 0. The van der Waals surface area contributed by atoms with Crippen LogP contribution in [0.1, 0.15) is 26.2 Å². The fraction of sp³-hybridized carbons (Fsp3) is 0.600. The molecular weight excluding hydrogens is 272 g/mol. The van der Waals surface area contributed by atoms with Gasteiger partial charge in [0.05, 0.1) is 10.6 Å². The van der Waals surface area contributed by atoms with Crippen LogP contribution in [0.3, 0.4) is 0 Å². The number of sulfone groups is 1. The topological polar surface area (TPSA) is 63.4 Å². The summed E-state index contributed by atoms with van der Waals surface area (Å²) in [5.74, 6) is 0.762. The summed E-state index contributed by atoms with van der Waals surface area (Å²) in [6, 6.07) is 7.29. The van der Waals surface area contributed by atoms with Crippen molar-refractivity contribution in [1.29, 1.82) is 0 Å². The van der Waals surface area contributed by atoms with Crippen LogP contribution in [0.5, 0.6) is 0 Å². The zero-order chi connectivity index (χ0) is 14.6. The Balaban J connectivity index is 2.12. The van der Waals surface area contributed by atoms with Crippen molar-refractivity contribution in [3.05, 3.63) is 24.3 Å². The monoisotopic (exact) mass is 296 g/mol. The van der Waals surface area contributed by atoms with Gasteiger partial charge in [0, 0.05) is 18.8 Å². The fourth-order valence-corrected chi connectivity index (χ4v) is 4.07. The standard InChI is InChI=1S/C15H24N2O2S/c1-2-10-20(18,19)15-7-5-14(6-8-15)17-9-3-4-13(11-16)12-17/h5-8,13H,2-4,9-12,16H2,1H3. The Morgan fingerprint density at radius 2 is 2.00 bits per heavy atom. The first-order valence-electron chi connectivity index (χ1n) is 7.34. The second kappa shape index (κ2) is 6.59. The Labute approximate surface area is 121 Å². The average molecular weight is 296 g/mol. The normalized spacial score (nSPS) is 20.1. The number of hydrogen-bond donors (Lipinski definition) is 1. The van der Waals surface area contributed by atoms with Crippen molar-refractivity contribution in [2.24, 2.45) is 11.7 Å². The average Bonchev–Trinajstić information content (AvgIpc) is 2.47. The van der Waals surface area contributed by atoms with E-state index in [2.05, 4.69) is 4.90 Å². The Kier molecular flexibility index (Phi) is 5.05. The minimum absolute atomic E-state index is 0.214. The zero-order valence-corrected chi connectivity index (χ0v) is 12.9. The molecule has 2 rings (SSSR count). The van der Waals surface area contributed by atoms with Crippen molar-refractivity contribution >= 4 is 15.5 Å². The van der Waals surface area contributed by atoms with E-state index in [1.165, 1.54) is 6.42 Å². The quantitative estimate of drug-likeness (QED) is 0.903. The minimum atomic E-state index is -3.11. The fourth-order valence-electron chi connectivity index (χ4n) is 2.74. The number of nitrogens with zero attached hydrogens (tertiary/aromatic N) is 1. The van der Waals surface area contributed by atoms with Crippen LogP contribution in [0.2, 0.25) is 0 Å². The molecule has 1 aromatic carbocycles. The van der Waals surface area contributed by atoms with Crippen molar-refractivity contribution in [3.8, 4) is 0 Å². The Morgan fingerprint density at radius 3 is 2.60 bits per heavy atom. The molecule has 2 N–H and O–H groups in total. The van der Waals surface area contributed by atoms with Crippen LogP contribution in [-0.2, 0) is 9.84 Å². The van der Waals surface area contributed by atoms with E-state index in [4.69, 9.17) is 5.73 Å². The van der Waals surface area contributed by atoms with Crippen LogP contribution in [0.4, 0.5) is 5.69 Å². The third-order valence-electron chi connectivity index (χ3n) is 3.89. The van der Waals surface area contributed by atoms with Gasteiger partial charge in [-0.3, -0.25) is 0 Å². The van der Waals surface area contributed by atoms with Gasteiger partial charge >= 0.3 is 0 Å². The van der Waals surface area contributed by atoms with E-state index in [0.29, 0.717) is 17.2 Å². The predicted molar refractivity (Wildman–Crippen MR) is 82.8 cm³/mol. The lowest BCUT2D eigenvalue weighted by Crippen LogP contribution is -2.38. The first-order chi connectivity index (χ1) is 9.56. The molecule has 112 valence electrons. The molecule has 0 spiro atoms. The number of nitrogens with two attached hydrogens (primary N) is 1. The Hall–Kier alpha value is -1.07. The van der Waals surface area contributed by atoms with Crippen LogP contribution in [0, 0.1) is 5.92 Å². The molecule has 5 heteroatoms. The predicted octanol–water partition coefficient (Wildman–Crippen LogP) is 2.05. The second-order valence-electron chi connectivity index (χ2n) is 5.50. The summed E-state index contributed by atoms with van der Waals surface area (Å²) in [4.78, 5) is 2.73. The molecule has 0 aromatic heterocycles. The van der Waals surface area contributed by atoms with Gasteiger partial charge in [0.1, 0.15) is 0 Å². The van der Waals surface area contributed by atoms with Gasteiger partial charge in [0.15, 0.2) is 9.84 Å². The van der Waals surface area contributed by atoms with Gasteiger partial charge in [-0.1, -0.05) is 6.92 Å². The van der Waals surface area contributed by atoms with Crippen molar-refractivity contribution < 1.29 is 8.42 Å². The number of rotatable bonds is 5. The van der Waals surface area contributed by atoms with E-state index in [1.807, 2.05) is 19.1 Å². The van der Waals surface area contributed by atoms with Crippen molar-refractivity contribution in [2.45, 2.75) is 31.1 Å². The van der Waals surface area contributed by atoms with Gasteiger partial charge < -0.3 is 10.6 Å². The maximum absolute atomic E-state index is 12.0. The van der Waals surface area contributed by atoms with E-state index < -0.39 is 9.84 Å². The molecule has 0 bridgehead atoms. The van der Waals surface area contributed by atoms with E-state index in [9.17, 15) is 8.42 Å². The van der Waals surface area contributed by atoms with Gasteiger partial charge in [-0.25, -0.2) is 8.42 Å². The van der Waals surface area contributed by atoms with E-state index in [1.54, 1.807) is 12.1 Å². The molecule has 0 amide bonds. The van der Waals surface area contributed by atoms with Gasteiger partial charge in [-0.15, -0.1) is 0 Å². The highest BCUT2D eigenvalue weighted by Crippen LogP contribution is 2.24. The summed E-state index contributed by atoms with van der Waals surface area (Å²) in [5, 5.41) is 0. The smallest absolute Gasteiger partial charge is 0.178 e. The van der Waals surface area contributed by atoms with E-state index in [-0.39, 0.29) is 5.75 Å². The third-order valence-corrected chi connectivity index (χ3v) is 5.82. The second-order valence-corrected chi connectivity index (χ2v) is 7.61. The number of benzene rings is 1. The van der Waals surface area contributed by atoms with Gasteiger partial charge in [-0.05, 0) is 56.0 Å². The van der Waals surface area contributed by atoms with Gasteiger partial charge in [-0.2, -0.15) is 0 Å². The minimum Gasteiger partial charge on any atom is -0.371 e. The number of piperidine rings is 1. The molecule has 0 aliphatic carbocycles. The molecule has 0 radical (unpaired) electrons. The molecule has 0 saturated carbocycles.